The lowest BCUT2D eigenvalue weighted by molar-refractivity contribution is 0.104. The maximum atomic E-state index is 13.2. The van der Waals surface area contributed by atoms with Crippen molar-refractivity contribution in [2.75, 3.05) is 0 Å². The van der Waals surface area contributed by atoms with E-state index in [2.05, 4.69) is 0 Å². The Bertz CT molecular complexity index is 1440. The lowest BCUT2D eigenvalue weighted by Gasteiger charge is -2.07. The molecule has 0 aliphatic carbocycles. The van der Waals surface area contributed by atoms with Crippen molar-refractivity contribution >= 4 is 44.1 Å². The number of nitrogens with zero attached hydrogens (tertiary/aromatic N) is 1. The first-order chi connectivity index (χ1) is 14.8. The molecule has 0 amide bonds. The molecule has 0 aliphatic rings. The van der Waals surface area contributed by atoms with Crippen molar-refractivity contribution in [2.45, 2.75) is 11.8 Å². The zero-order valence-corrected chi connectivity index (χ0v) is 18.1. The van der Waals surface area contributed by atoms with Gasteiger partial charge in [0.25, 0.3) is 10.0 Å². The van der Waals surface area contributed by atoms with Crippen molar-refractivity contribution in [2.24, 2.45) is 0 Å². The van der Waals surface area contributed by atoms with Crippen molar-refractivity contribution in [3.8, 4) is 0 Å². The third kappa shape index (κ3) is 3.87. The minimum Gasteiger partial charge on any atom is -0.507 e. The second-order valence-electron chi connectivity index (χ2n) is 7.03. The Morgan fingerprint density at radius 1 is 0.968 bits per heavy atom. The Hall–Kier alpha value is -3.35. The molecule has 1 heterocycles. The van der Waals surface area contributed by atoms with Gasteiger partial charge in [-0.05, 0) is 42.8 Å². The van der Waals surface area contributed by atoms with Gasteiger partial charge in [-0.15, -0.1) is 0 Å². The Kier molecular flexibility index (Phi) is 5.43. The molecule has 7 heteroatoms. The number of ketones is 1. The monoisotopic (exact) mass is 451 g/mol. The van der Waals surface area contributed by atoms with Crippen LogP contribution in [-0.4, -0.2) is 23.3 Å². The Morgan fingerprint density at radius 3 is 2.35 bits per heavy atom. The van der Waals surface area contributed by atoms with Crippen LogP contribution in [0.5, 0.6) is 0 Å². The van der Waals surface area contributed by atoms with E-state index in [1.807, 2.05) is 6.07 Å². The highest BCUT2D eigenvalue weighted by atomic mass is 35.5. The SMILES string of the molecule is Cc1ccccc1C(=O)/C=C(\O)c1cn(S(=O)(=O)c2ccccc2)c2ccc(Cl)cc12. The van der Waals surface area contributed by atoms with E-state index in [-0.39, 0.29) is 22.0 Å². The molecule has 0 fully saturated rings. The predicted octanol–water partition coefficient (Wildman–Crippen LogP) is 5.62. The molecule has 31 heavy (non-hydrogen) atoms. The number of halogens is 1. The molecular formula is C24H18ClNO4S. The van der Waals surface area contributed by atoms with Crippen LogP contribution in [0.15, 0.2) is 90.0 Å². The minimum atomic E-state index is -3.93. The molecule has 4 aromatic rings. The summed E-state index contributed by atoms with van der Waals surface area (Å²) in [5, 5.41) is 11.6. The third-order valence-corrected chi connectivity index (χ3v) is 6.91. The topological polar surface area (TPSA) is 76.4 Å². The molecule has 0 bridgehead atoms. The van der Waals surface area contributed by atoms with Crippen LogP contribution in [0.25, 0.3) is 16.7 Å². The highest BCUT2D eigenvalue weighted by Crippen LogP contribution is 2.31. The van der Waals surface area contributed by atoms with E-state index < -0.39 is 10.0 Å². The molecule has 0 saturated carbocycles. The molecule has 0 unspecified atom stereocenters. The van der Waals surface area contributed by atoms with E-state index in [1.54, 1.807) is 61.5 Å². The number of aryl methyl sites for hydroxylation is 1. The van der Waals surface area contributed by atoms with E-state index in [9.17, 15) is 18.3 Å². The van der Waals surface area contributed by atoms with E-state index in [4.69, 9.17) is 11.6 Å². The van der Waals surface area contributed by atoms with Crippen LogP contribution < -0.4 is 0 Å². The van der Waals surface area contributed by atoms with E-state index >= 15 is 0 Å². The van der Waals surface area contributed by atoms with Gasteiger partial charge in [0.15, 0.2) is 5.78 Å². The molecule has 0 spiro atoms. The number of aliphatic hydroxyl groups excluding tert-OH is 1. The Morgan fingerprint density at radius 2 is 1.65 bits per heavy atom. The molecule has 4 rings (SSSR count). The fourth-order valence-electron chi connectivity index (χ4n) is 3.41. The average Bonchev–Trinajstić information content (AvgIpc) is 3.14. The van der Waals surface area contributed by atoms with Gasteiger partial charge in [-0.3, -0.25) is 4.79 Å². The van der Waals surface area contributed by atoms with Gasteiger partial charge in [0.05, 0.1) is 10.4 Å². The molecule has 0 atom stereocenters. The maximum Gasteiger partial charge on any atom is 0.268 e. The predicted molar refractivity (Wildman–Crippen MR) is 122 cm³/mol. The van der Waals surface area contributed by atoms with E-state index in [0.717, 1.165) is 15.6 Å². The van der Waals surface area contributed by atoms with Gasteiger partial charge >= 0.3 is 0 Å². The summed E-state index contributed by atoms with van der Waals surface area (Å²) in [4.78, 5) is 12.8. The van der Waals surface area contributed by atoms with E-state index in [1.165, 1.54) is 18.3 Å². The first-order valence-corrected chi connectivity index (χ1v) is 11.2. The Balaban J connectivity index is 1.89. The molecule has 0 aliphatic heterocycles. The number of carbonyl (C=O) groups is 1. The van der Waals surface area contributed by atoms with Gasteiger partial charge in [-0.1, -0.05) is 54.1 Å². The molecule has 1 aromatic heterocycles. The van der Waals surface area contributed by atoms with Crippen LogP contribution in [0, 0.1) is 6.92 Å². The van der Waals surface area contributed by atoms with Gasteiger partial charge in [0.2, 0.25) is 0 Å². The van der Waals surface area contributed by atoms with Gasteiger partial charge in [-0.2, -0.15) is 0 Å². The highest BCUT2D eigenvalue weighted by Gasteiger charge is 2.23. The normalized spacial score (nSPS) is 12.3. The third-order valence-electron chi connectivity index (χ3n) is 4.99. The first kappa shape index (κ1) is 20.9. The van der Waals surface area contributed by atoms with Gasteiger partial charge in [0, 0.05) is 33.8 Å². The molecule has 0 radical (unpaired) electrons. The largest absolute Gasteiger partial charge is 0.507 e. The van der Waals surface area contributed by atoms with Gasteiger partial charge < -0.3 is 5.11 Å². The number of rotatable bonds is 5. The van der Waals surface area contributed by atoms with Crippen LogP contribution >= 0.6 is 11.6 Å². The second kappa shape index (κ2) is 8.06. The number of hydrogen-bond donors (Lipinski definition) is 1. The van der Waals surface area contributed by atoms with Gasteiger partial charge in [0.1, 0.15) is 5.76 Å². The second-order valence-corrected chi connectivity index (χ2v) is 9.28. The standard InChI is InChI=1S/C24H18ClNO4S/c1-16-7-5-6-10-19(16)23(27)14-24(28)21-15-26(22-12-11-17(25)13-20(21)22)31(29,30)18-8-3-2-4-9-18/h2-15,28H,1H3/b24-14-. The number of aromatic nitrogens is 1. The smallest absolute Gasteiger partial charge is 0.268 e. The molecule has 5 nitrogen and oxygen atoms in total. The lowest BCUT2D eigenvalue weighted by atomic mass is 10.0. The molecule has 1 N–H and O–H groups in total. The first-order valence-electron chi connectivity index (χ1n) is 9.41. The van der Waals surface area contributed by atoms with Crippen LogP contribution in [0.1, 0.15) is 21.5 Å². The number of aliphatic hydroxyl groups is 1. The summed E-state index contributed by atoms with van der Waals surface area (Å²) in [7, 11) is -3.93. The zero-order chi connectivity index (χ0) is 22.2. The van der Waals surface area contributed by atoms with E-state index in [0.29, 0.717) is 21.5 Å². The number of hydrogen-bond acceptors (Lipinski definition) is 4. The molecule has 3 aromatic carbocycles. The lowest BCUT2D eigenvalue weighted by Crippen LogP contribution is -2.11. The van der Waals surface area contributed by atoms with Crippen molar-refractivity contribution in [3.05, 3.63) is 107 Å². The fourth-order valence-corrected chi connectivity index (χ4v) is 4.97. The maximum absolute atomic E-state index is 13.2. The number of fused-ring (bicyclic) bond motifs is 1. The summed E-state index contributed by atoms with van der Waals surface area (Å²) in [6.07, 6.45) is 2.40. The van der Waals surface area contributed by atoms with Crippen LogP contribution in [0.3, 0.4) is 0 Å². The molecule has 0 saturated heterocycles. The van der Waals surface area contributed by atoms with Crippen molar-refractivity contribution in [3.63, 3.8) is 0 Å². The van der Waals surface area contributed by atoms with Crippen LogP contribution in [-0.2, 0) is 10.0 Å². The van der Waals surface area contributed by atoms with Crippen LogP contribution in [0.2, 0.25) is 5.02 Å². The summed E-state index contributed by atoms with van der Waals surface area (Å²) in [5.41, 5.74) is 1.76. The number of carbonyl (C=O) groups excluding carboxylic acids is 1. The summed E-state index contributed by atoms with van der Waals surface area (Å²) in [6, 6.07) is 19.7. The average molecular weight is 452 g/mol. The summed E-state index contributed by atoms with van der Waals surface area (Å²) < 4.78 is 27.5. The molecular weight excluding hydrogens is 434 g/mol. The summed E-state index contributed by atoms with van der Waals surface area (Å²) in [6.45, 7) is 1.80. The Labute approximate surface area is 184 Å². The van der Waals surface area contributed by atoms with Gasteiger partial charge in [-0.25, -0.2) is 12.4 Å². The molecule has 156 valence electrons. The minimum absolute atomic E-state index is 0.104. The van der Waals surface area contributed by atoms with Crippen molar-refractivity contribution < 1.29 is 18.3 Å². The van der Waals surface area contributed by atoms with Crippen LogP contribution in [0.4, 0.5) is 0 Å². The summed E-state index contributed by atoms with van der Waals surface area (Å²) >= 11 is 6.13. The zero-order valence-electron chi connectivity index (χ0n) is 16.5. The summed E-state index contributed by atoms with van der Waals surface area (Å²) in [5.74, 6) is -0.730. The van der Waals surface area contributed by atoms with Crippen molar-refractivity contribution in [1.82, 2.24) is 3.97 Å². The number of allylic oxidation sites excluding steroid dienone is 1. The highest BCUT2D eigenvalue weighted by molar-refractivity contribution is 7.90. The van der Waals surface area contributed by atoms with Crippen molar-refractivity contribution in [1.29, 1.82) is 0 Å². The number of benzene rings is 3. The quantitative estimate of drug-likeness (QED) is 0.242. The fraction of sp³-hybridized carbons (Fsp3) is 0.0417.